The van der Waals surface area contributed by atoms with E-state index in [0.29, 0.717) is 12.5 Å². The van der Waals surface area contributed by atoms with Crippen molar-refractivity contribution >= 4 is 11.6 Å². The van der Waals surface area contributed by atoms with Gasteiger partial charge in [0.05, 0.1) is 0 Å². The van der Waals surface area contributed by atoms with Crippen molar-refractivity contribution in [2.45, 2.75) is 32.1 Å². The lowest BCUT2D eigenvalue weighted by atomic mass is 9.97. The van der Waals surface area contributed by atoms with Gasteiger partial charge in [-0.2, -0.15) is 0 Å². The predicted molar refractivity (Wildman–Crippen MR) is 60.9 cm³/mol. The number of nitrogens with two attached hydrogens (primary N) is 1. The normalized spacial score (nSPS) is 16.8. The summed E-state index contributed by atoms with van der Waals surface area (Å²) in [7, 11) is 0. The Hall–Kier alpha value is -0.530. The van der Waals surface area contributed by atoms with Crippen LogP contribution in [0.25, 0.3) is 0 Å². The molecule has 1 unspecified atom stereocenters. The minimum atomic E-state index is 0.415. The molecule has 1 atom stereocenters. The third-order valence-electron chi connectivity index (χ3n) is 3.11. The number of rotatable bonds is 2. The van der Waals surface area contributed by atoms with Gasteiger partial charge >= 0.3 is 0 Å². The predicted octanol–water partition coefficient (Wildman–Crippen LogP) is 2.89. The van der Waals surface area contributed by atoms with Crippen molar-refractivity contribution in [3.8, 4) is 0 Å². The second-order valence-corrected chi connectivity index (χ2v) is 4.54. The molecule has 0 saturated carbocycles. The number of fused-ring (bicyclic) bond motifs is 1. The van der Waals surface area contributed by atoms with Crippen LogP contribution in [0.1, 0.15) is 36.0 Å². The topological polar surface area (TPSA) is 26.0 Å². The zero-order chi connectivity index (χ0) is 10.1. The van der Waals surface area contributed by atoms with E-state index in [9.17, 15) is 0 Å². The molecular formula is C12H16ClN. The van der Waals surface area contributed by atoms with E-state index < -0.39 is 0 Å². The van der Waals surface area contributed by atoms with Crippen molar-refractivity contribution in [1.29, 1.82) is 0 Å². The fraction of sp³-hybridized carbons (Fsp3) is 0.500. The fourth-order valence-corrected chi connectivity index (χ4v) is 2.44. The average molecular weight is 210 g/mol. The van der Waals surface area contributed by atoms with Gasteiger partial charge in [-0.15, -0.1) is 0 Å². The Morgan fingerprint density at radius 2 is 2.21 bits per heavy atom. The highest BCUT2D eigenvalue weighted by atomic mass is 35.5. The van der Waals surface area contributed by atoms with Crippen molar-refractivity contribution in [3.63, 3.8) is 0 Å². The van der Waals surface area contributed by atoms with E-state index in [4.69, 9.17) is 17.3 Å². The van der Waals surface area contributed by atoms with Gasteiger partial charge in [-0.1, -0.05) is 24.6 Å². The maximum absolute atomic E-state index is 6.24. The monoisotopic (exact) mass is 209 g/mol. The second-order valence-electron chi connectivity index (χ2n) is 4.13. The zero-order valence-corrected chi connectivity index (χ0v) is 9.27. The number of benzene rings is 1. The molecule has 1 nitrogen and oxygen atoms in total. The Kier molecular flexibility index (Phi) is 2.80. The Morgan fingerprint density at radius 1 is 1.43 bits per heavy atom. The van der Waals surface area contributed by atoms with Crippen LogP contribution < -0.4 is 5.73 Å². The van der Waals surface area contributed by atoms with Gasteiger partial charge in [0, 0.05) is 5.02 Å². The number of hydrogen-bond acceptors (Lipinski definition) is 1. The lowest BCUT2D eigenvalue weighted by molar-refractivity contribution is 0.772. The first-order valence-corrected chi connectivity index (χ1v) is 5.61. The molecule has 0 aliphatic heterocycles. The highest BCUT2D eigenvalue weighted by Crippen LogP contribution is 2.32. The SMILES string of the molecule is CC(CN)c1cc(Cl)c2c(c1)CCC2. The van der Waals surface area contributed by atoms with E-state index in [1.807, 2.05) is 0 Å². The molecule has 1 aliphatic carbocycles. The quantitative estimate of drug-likeness (QED) is 0.797. The maximum atomic E-state index is 6.24. The molecule has 0 radical (unpaired) electrons. The van der Waals surface area contributed by atoms with E-state index in [1.54, 1.807) is 0 Å². The summed E-state index contributed by atoms with van der Waals surface area (Å²) in [6.07, 6.45) is 3.57. The van der Waals surface area contributed by atoms with E-state index >= 15 is 0 Å². The molecular weight excluding hydrogens is 194 g/mol. The molecule has 14 heavy (non-hydrogen) atoms. The largest absolute Gasteiger partial charge is 0.330 e. The van der Waals surface area contributed by atoms with Crippen molar-refractivity contribution in [3.05, 3.63) is 33.8 Å². The van der Waals surface area contributed by atoms with Crippen molar-refractivity contribution in [1.82, 2.24) is 0 Å². The van der Waals surface area contributed by atoms with Crippen LogP contribution in [-0.4, -0.2) is 6.54 Å². The summed E-state index contributed by atoms with van der Waals surface area (Å²) >= 11 is 6.24. The Bertz CT molecular complexity index is 346. The first kappa shape index (κ1) is 10.0. The molecule has 0 aromatic heterocycles. The molecule has 0 heterocycles. The molecule has 0 fully saturated rings. The number of halogens is 1. The van der Waals surface area contributed by atoms with Crippen LogP contribution in [0.3, 0.4) is 0 Å². The van der Waals surface area contributed by atoms with Crippen LogP contribution in [-0.2, 0) is 12.8 Å². The maximum Gasteiger partial charge on any atom is 0.0443 e. The molecule has 2 rings (SSSR count). The van der Waals surface area contributed by atoms with E-state index in [-0.39, 0.29) is 0 Å². The minimum absolute atomic E-state index is 0.415. The van der Waals surface area contributed by atoms with Crippen molar-refractivity contribution in [2.24, 2.45) is 5.73 Å². The van der Waals surface area contributed by atoms with E-state index in [1.165, 1.54) is 29.5 Å². The summed E-state index contributed by atoms with van der Waals surface area (Å²) in [5.41, 5.74) is 9.74. The lowest BCUT2D eigenvalue weighted by Crippen LogP contribution is -2.09. The van der Waals surface area contributed by atoms with Gasteiger partial charge in [0.1, 0.15) is 0 Å². The second kappa shape index (κ2) is 3.92. The first-order chi connectivity index (χ1) is 6.72. The van der Waals surface area contributed by atoms with Gasteiger partial charge in [0.2, 0.25) is 0 Å². The van der Waals surface area contributed by atoms with Gasteiger partial charge in [-0.05, 0) is 54.5 Å². The third kappa shape index (κ3) is 1.67. The molecule has 2 N–H and O–H groups in total. The summed E-state index contributed by atoms with van der Waals surface area (Å²) < 4.78 is 0. The van der Waals surface area contributed by atoms with Gasteiger partial charge in [-0.3, -0.25) is 0 Å². The van der Waals surface area contributed by atoms with E-state index in [2.05, 4.69) is 19.1 Å². The summed E-state index contributed by atoms with van der Waals surface area (Å²) in [4.78, 5) is 0. The van der Waals surface area contributed by atoms with Gasteiger partial charge in [-0.25, -0.2) is 0 Å². The number of aryl methyl sites for hydroxylation is 1. The van der Waals surface area contributed by atoms with Crippen LogP contribution in [0, 0.1) is 0 Å². The van der Waals surface area contributed by atoms with Gasteiger partial charge < -0.3 is 5.73 Å². The molecule has 0 spiro atoms. The van der Waals surface area contributed by atoms with Crippen LogP contribution >= 0.6 is 11.6 Å². The standard InChI is InChI=1S/C12H16ClN/c1-8(7-14)10-5-9-3-2-4-11(9)12(13)6-10/h5-6,8H,2-4,7,14H2,1H3. The van der Waals surface area contributed by atoms with Gasteiger partial charge in [0.25, 0.3) is 0 Å². The van der Waals surface area contributed by atoms with Crippen LogP contribution in [0.4, 0.5) is 0 Å². The summed E-state index contributed by atoms with van der Waals surface area (Å²) in [5, 5.41) is 0.940. The Morgan fingerprint density at radius 3 is 2.93 bits per heavy atom. The van der Waals surface area contributed by atoms with Crippen LogP contribution in [0.15, 0.2) is 12.1 Å². The fourth-order valence-electron chi connectivity index (χ4n) is 2.10. The van der Waals surface area contributed by atoms with Crippen molar-refractivity contribution < 1.29 is 0 Å². The van der Waals surface area contributed by atoms with Gasteiger partial charge in [0.15, 0.2) is 0 Å². The number of hydrogen-bond donors (Lipinski definition) is 1. The molecule has 76 valence electrons. The smallest absolute Gasteiger partial charge is 0.0443 e. The third-order valence-corrected chi connectivity index (χ3v) is 3.44. The molecule has 1 aromatic rings. The molecule has 0 bridgehead atoms. The van der Waals surface area contributed by atoms with E-state index in [0.717, 1.165) is 11.4 Å². The molecule has 0 saturated heterocycles. The lowest BCUT2D eigenvalue weighted by Gasteiger charge is -2.12. The average Bonchev–Trinajstić information content (AvgIpc) is 2.64. The molecule has 1 aliphatic rings. The Balaban J connectivity index is 2.41. The first-order valence-electron chi connectivity index (χ1n) is 5.23. The highest BCUT2D eigenvalue weighted by molar-refractivity contribution is 6.31. The highest BCUT2D eigenvalue weighted by Gasteiger charge is 2.16. The van der Waals surface area contributed by atoms with Crippen LogP contribution in [0.5, 0.6) is 0 Å². The van der Waals surface area contributed by atoms with Crippen molar-refractivity contribution in [2.75, 3.05) is 6.54 Å². The van der Waals surface area contributed by atoms with Crippen LogP contribution in [0.2, 0.25) is 5.02 Å². The summed E-state index contributed by atoms with van der Waals surface area (Å²) in [6, 6.07) is 4.37. The Labute approximate surface area is 90.3 Å². The molecule has 2 heteroatoms. The summed E-state index contributed by atoms with van der Waals surface area (Å²) in [6.45, 7) is 2.84. The molecule has 1 aromatic carbocycles. The summed E-state index contributed by atoms with van der Waals surface area (Å²) in [5.74, 6) is 0.415. The zero-order valence-electron chi connectivity index (χ0n) is 8.52. The molecule has 0 amide bonds. The minimum Gasteiger partial charge on any atom is -0.330 e.